The van der Waals surface area contributed by atoms with Crippen LogP contribution in [0.5, 0.6) is 11.5 Å². The lowest BCUT2D eigenvalue weighted by Crippen LogP contribution is -2.54. The molecule has 214 valence electrons. The molecule has 0 unspecified atom stereocenters. The Balaban J connectivity index is 1.97. The number of carbonyl (C=O) groups excluding carboxylic acids is 2. The number of nitrogens with zero attached hydrogens (tertiary/aromatic N) is 2. The molecule has 0 aliphatic heterocycles. The van der Waals surface area contributed by atoms with E-state index >= 15 is 0 Å². The molecule has 0 aromatic heterocycles. The van der Waals surface area contributed by atoms with E-state index in [0.29, 0.717) is 12.2 Å². The average molecular weight is 560 g/mol. The number of methoxy groups -OCH3 is 2. The van der Waals surface area contributed by atoms with Crippen LogP contribution in [0.25, 0.3) is 0 Å². The lowest BCUT2D eigenvalue weighted by atomic mass is 9.95. The third kappa shape index (κ3) is 8.11. The van der Waals surface area contributed by atoms with Gasteiger partial charge in [0.1, 0.15) is 24.1 Å². The topological polar surface area (TPSA) is 105 Å². The molecule has 2 amide bonds. The van der Waals surface area contributed by atoms with E-state index in [9.17, 15) is 18.0 Å². The Morgan fingerprint density at radius 2 is 1.69 bits per heavy atom. The van der Waals surface area contributed by atoms with Gasteiger partial charge in [-0.15, -0.1) is 0 Å². The predicted molar refractivity (Wildman–Crippen MR) is 153 cm³/mol. The fourth-order valence-electron chi connectivity index (χ4n) is 4.94. The largest absolute Gasteiger partial charge is 0.497 e. The van der Waals surface area contributed by atoms with Gasteiger partial charge in [0.25, 0.3) is 0 Å². The first-order chi connectivity index (χ1) is 18.6. The molecule has 2 aromatic rings. The van der Waals surface area contributed by atoms with E-state index in [-0.39, 0.29) is 29.9 Å². The van der Waals surface area contributed by atoms with Crippen LogP contribution in [-0.4, -0.2) is 64.2 Å². The Kier molecular flexibility index (Phi) is 10.6. The van der Waals surface area contributed by atoms with E-state index in [1.54, 1.807) is 12.1 Å². The quantitative estimate of drug-likeness (QED) is 0.421. The zero-order valence-corrected chi connectivity index (χ0v) is 24.4. The summed E-state index contributed by atoms with van der Waals surface area (Å²) in [4.78, 5) is 29.0. The highest BCUT2D eigenvalue weighted by Gasteiger charge is 2.33. The summed E-state index contributed by atoms with van der Waals surface area (Å²) in [5, 5.41) is 3.15. The van der Waals surface area contributed by atoms with E-state index < -0.39 is 28.5 Å². The van der Waals surface area contributed by atoms with Gasteiger partial charge in [0.2, 0.25) is 21.8 Å². The second kappa shape index (κ2) is 13.7. The Labute approximate surface area is 232 Å². The summed E-state index contributed by atoms with van der Waals surface area (Å²) in [6.07, 6.45) is 6.57. The molecule has 9 nitrogen and oxygen atoms in total. The standard InChI is InChI=1S/C29H41N3O6S/c1-6-25(29(34)30-23-10-8-7-9-11-23)31(19-22-14-12-21(2)13-15-22)28(33)20-32(39(5,35)36)26-18-24(37-3)16-17-27(26)38-4/h12-18,23,25H,6-11,19-20H2,1-5H3,(H,30,34)/t25-/m0/s1. The smallest absolute Gasteiger partial charge is 0.244 e. The summed E-state index contributed by atoms with van der Waals surface area (Å²) < 4.78 is 37.6. The maximum Gasteiger partial charge on any atom is 0.244 e. The van der Waals surface area contributed by atoms with Crippen LogP contribution in [0.4, 0.5) is 5.69 Å². The van der Waals surface area contributed by atoms with Crippen molar-refractivity contribution in [3.63, 3.8) is 0 Å². The molecule has 0 saturated heterocycles. The number of carbonyl (C=O) groups is 2. The Hall–Kier alpha value is -3.27. The molecule has 39 heavy (non-hydrogen) atoms. The van der Waals surface area contributed by atoms with Crippen molar-refractivity contribution >= 4 is 27.5 Å². The minimum atomic E-state index is -3.91. The van der Waals surface area contributed by atoms with Crippen molar-refractivity contribution in [1.29, 1.82) is 0 Å². The van der Waals surface area contributed by atoms with Crippen LogP contribution < -0.4 is 19.1 Å². The Bertz CT molecular complexity index is 1230. The highest BCUT2D eigenvalue weighted by atomic mass is 32.2. The van der Waals surface area contributed by atoms with E-state index in [1.165, 1.54) is 25.2 Å². The molecule has 1 saturated carbocycles. The molecule has 2 aromatic carbocycles. The van der Waals surface area contributed by atoms with E-state index in [1.807, 2.05) is 38.1 Å². The minimum Gasteiger partial charge on any atom is -0.497 e. The van der Waals surface area contributed by atoms with Crippen molar-refractivity contribution in [3.8, 4) is 11.5 Å². The van der Waals surface area contributed by atoms with E-state index in [4.69, 9.17) is 9.47 Å². The number of benzene rings is 2. The number of hydrogen-bond acceptors (Lipinski definition) is 6. The molecule has 1 aliphatic rings. The van der Waals surface area contributed by atoms with Gasteiger partial charge in [0.15, 0.2) is 0 Å². The summed E-state index contributed by atoms with van der Waals surface area (Å²) in [5.74, 6) is -0.00542. The molecule has 10 heteroatoms. The van der Waals surface area contributed by atoms with Gasteiger partial charge in [0, 0.05) is 18.7 Å². The van der Waals surface area contributed by atoms with Crippen LogP contribution in [0, 0.1) is 6.92 Å². The summed E-state index contributed by atoms with van der Waals surface area (Å²) in [6.45, 7) is 3.51. The van der Waals surface area contributed by atoms with Crippen molar-refractivity contribution in [2.24, 2.45) is 0 Å². The first-order valence-corrected chi connectivity index (χ1v) is 15.3. The van der Waals surface area contributed by atoms with E-state index in [2.05, 4.69) is 5.32 Å². The molecule has 0 heterocycles. The number of hydrogen-bond donors (Lipinski definition) is 1. The Morgan fingerprint density at radius 3 is 2.26 bits per heavy atom. The molecule has 1 aliphatic carbocycles. The number of nitrogens with one attached hydrogen (secondary N) is 1. The van der Waals surface area contributed by atoms with Crippen LogP contribution >= 0.6 is 0 Å². The second-order valence-electron chi connectivity index (χ2n) is 10.1. The van der Waals surface area contributed by atoms with Crippen molar-refractivity contribution in [2.45, 2.75) is 71.0 Å². The van der Waals surface area contributed by atoms with Crippen molar-refractivity contribution in [1.82, 2.24) is 10.2 Å². The summed E-state index contributed by atoms with van der Waals surface area (Å²) in [7, 11) is -1.00. The first-order valence-electron chi connectivity index (χ1n) is 13.4. The van der Waals surface area contributed by atoms with Gasteiger partial charge in [-0.1, -0.05) is 56.0 Å². The zero-order chi connectivity index (χ0) is 28.6. The lowest BCUT2D eigenvalue weighted by Gasteiger charge is -2.34. The molecule has 1 fully saturated rings. The van der Waals surface area contributed by atoms with Gasteiger partial charge in [0.05, 0.1) is 26.2 Å². The predicted octanol–water partition coefficient (Wildman–Crippen LogP) is 4.03. The molecule has 0 bridgehead atoms. The van der Waals surface area contributed by atoms with Crippen LogP contribution in [0.1, 0.15) is 56.6 Å². The number of anilines is 1. The van der Waals surface area contributed by atoms with Crippen LogP contribution in [0.3, 0.4) is 0 Å². The monoisotopic (exact) mass is 559 g/mol. The highest BCUT2D eigenvalue weighted by molar-refractivity contribution is 7.92. The molecule has 3 rings (SSSR count). The molecule has 0 spiro atoms. The highest BCUT2D eigenvalue weighted by Crippen LogP contribution is 2.34. The normalized spacial score (nSPS) is 14.8. The van der Waals surface area contributed by atoms with Crippen molar-refractivity contribution in [3.05, 3.63) is 53.6 Å². The maximum absolute atomic E-state index is 14.0. The fraction of sp³-hybridized carbons (Fsp3) is 0.517. The van der Waals surface area contributed by atoms with Gasteiger partial charge >= 0.3 is 0 Å². The minimum absolute atomic E-state index is 0.0881. The number of amides is 2. The van der Waals surface area contributed by atoms with Crippen LogP contribution in [0.2, 0.25) is 0 Å². The fourth-order valence-corrected chi connectivity index (χ4v) is 5.79. The third-order valence-corrected chi connectivity index (χ3v) is 8.27. The molecule has 1 N–H and O–H groups in total. The third-order valence-electron chi connectivity index (χ3n) is 7.14. The summed E-state index contributed by atoms with van der Waals surface area (Å²) in [5.41, 5.74) is 2.11. The summed E-state index contributed by atoms with van der Waals surface area (Å²) >= 11 is 0. The van der Waals surface area contributed by atoms with Crippen molar-refractivity contribution < 1.29 is 27.5 Å². The summed E-state index contributed by atoms with van der Waals surface area (Å²) in [6, 6.07) is 11.8. The molecule has 1 atom stereocenters. The average Bonchev–Trinajstić information content (AvgIpc) is 2.92. The van der Waals surface area contributed by atoms with Gasteiger partial charge < -0.3 is 19.7 Å². The molecular formula is C29H41N3O6S. The Morgan fingerprint density at radius 1 is 1.03 bits per heavy atom. The molecule has 0 radical (unpaired) electrons. The lowest BCUT2D eigenvalue weighted by molar-refractivity contribution is -0.140. The first kappa shape index (κ1) is 30.3. The second-order valence-corrected chi connectivity index (χ2v) is 12.0. The van der Waals surface area contributed by atoms with Crippen molar-refractivity contribution in [2.75, 3.05) is 31.3 Å². The van der Waals surface area contributed by atoms with E-state index in [0.717, 1.165) is 53.8 Å². The van der Waals surface area contributed by atoms with Gasteiger partial charge in [-0.3, -0.25) is 13.9 Å². The molecular weight excluding hydrogens is 518 g/mol. The zero-order valence-electron chi connectivity index (χ0n) is 23.6. The van der Waals surface area contributed by atoms with Crippen LogP contribution in [0.15, 0.2) is 42.5 Å². The number of sulfonamides is 1. The number of ether oxygens (including phenoxy) is 2. The van der Waals surface area contributed by atoms with Gasteiger partial charge in [-0.05, 0) is 43.9 Å². The van der Waals surface area contributed by atoms with Gasteiger partial charge in [-0.2, -0.15) is 0 Å². The number of aryl methyl sites for hydroxylation is 1. The number of rotatable bonds is 12. The van der Waals surface area contributed by atoms with Crippen LogP contribution in [-0.2, 0) is 26.2 Å². The van der Waals surface area contributed by atoms with Gasteiger partial charge in [-0.25, -0.2) is 8.42 Å². The SMILES string of the molecule is CC[C@@H](C(=O)NC1CCCCC1)N(Cc1ccc(C)cc1)C(=O)CN(c1cc(OC)ccc1OC)S(C)(=O)=O. The maximum atomic E-state index is 14.0.